The molecule has 5 heteroatoms. The molecule has 12 heavy (non-hydrogen) atoms. The van der Waals surface area contributed by atoms with Crippen LogP contribution < -0.4 is 0 Å². The molecule has 0 aliphatic rings. The molecule has 0 radical (unpaired) electrons. The van der Waals surface area contributed by atoms with Gasteiger partial charge in [-0.2, -0.15) is 0 Å². The zero-order chi connectivity index (χ0) is 9.14. The molecule has 1 aromatic heterocycles. The van der Waals surface area contributed by atoms with Gasteiger partial charge in [0.25, 0.3) is 5.69 Å². The Bertz CT molecular complexity index is 314. The van der Waals surface area contributed by atoms with Crippen LogP contribution in [0, 0.1) is 17.0 Å². The molecule has 0 saturated carbocycles. The zero-order valence-electron chi connectivity index (χ0n) is 6.45. The molecule has 1 aromatic rings. The van der Waals surface area contributed by atoms with E-state index >= 15 is 0 Å². The van der Waals surface area contributed by atoms with Gasteiger partial charge in [-0.15, -0.1) is 11.6 Å². The molecule has 0 fully saturated rings. The first-order chi connectivity index (χ1) is 5.63. The van der Waals surface area contributed by atoms with E-state index in [0.29, 0.717) is 11.4 Å². The van der Waals surface area contributed by atoms with Crippen LogP contribution in [0.4, 0.5) is 5.69 Å². The zero-order valence-corrected chi connectivity index (χ0v) is 7.21. The van der Waals surface area contributed by atoms with Crippen molar-refractivity contribution in [1.29, 1.82) is 0 Å². The second-order valence-electron chi connectivity index (χ2n) is 2.35. The molecule has 0 unspecified atom stereocenters. The summed E-state index contributed by atoms with van der Waals surface area (Å²) in [7, 11) is 0. The van der Waals surface area contributed by atoms with Gasteiger partial charge in [0.05, 0.1) is 16.5 Å². The number of halogens is 1. The van der Waals surface area contributed by atoms with Gasteiger partial charge in [0.15, 0.2) is 0 Å². The van der Waals surface area contributed by atoms with Gasteiger partial charge in [0.2, 0.25) is 0 Å². The van der Waals surface area contributed by atoms with Gasteiger partial charge in [-0.05, 0) is 6.92 Å². The fourth-order valence-corrected chi connectivity index (χ4v) is 1.03. The number of pyridine rings is 1. The molecule has 64 valence electrons. The molecule has 0 saturated heterocycles. The summed E-state index contributed by atoms with van der Waals surface area (Å²) in [5.74, 6) is 0.197. The Balaban J connectivity index is 3.15. The minimum atomic E-state index is -0.454. The summed E-state index contributed by atoms with van der Waals surface area (Å²) >= 11 is 5.49. The lowest BCUT2D eigenvalue weighted by Crippen LogP contribution is -1.94. The Labute approximate surface area is 74.3 Å². The van der Waals surface area contributed by atoms with E-state index in [1.807, 2.05) is 0 Å². The third-order valence-electron chi connectivity index (χ3n) is 1.34. The summed E-state index contributed by atoms with van der Waals surface area (Å²) in [6.07, 6.45) is 0. The standard InChI is InChI=1S/C7H7ClN2O2/c1-5-2-7(10(11)12)3-6(4-8)9-5/h2-3H,4H2,1H3. The van der Waals surface area contributed by atoms with Gasteiger partial charge < -0.3 is 0 Å². The van der Waals surface area contributed by atoms with Crippen LogP contribution in [0.3, 0.4) is 0 Å². The fraction of sp³-hybridized carbons (Fsp3) is 0.286. The van der Waals surface area contributed by atoms with E-state index in [1.54, 1.807) is 6.92 Å². The van der Waals surface area contributed by atoms with Crippen LogP contribution in [-0.2, 0) is 5.88 Å². The Morgan fingerprint density at radius 3 is 2.83 bits per heavy atom. The predicted octanol–water partition coefficient (Wildman–Crippen LogP) is 2.04. The smallest absolute Gasteiger partial charge is 0.258 e. The highest BCUT2D eigenvalue weighted by atomic mass is 35.5. The monoisotopic (exact) mass is 186 g/mol. The van der Waals surface area contributed by atoms with Gasteiger partial charge in [-0.25, -0.2) is 0 Å². The summed E-state index contributed by atoms with van der Waals surface area (Å²) in [6.45, 7) is 1.70. The van der Waals surface area contributed by atoms with Crippen molar-refractivity contribution in [3.05, 3.63) is 33.6 Å². The second-order valence-corrected chi connectivity index (χ2v) is 2.62. The van der Waals surface area contributed by atoms with Crippen LogP contribution in [0.5, 0.6) is 0 Å². The van der Waals surface area contributed by atoms with Crippen molar-refractivity contribution in [2.24, 2.45) is 0 Å². The molecule has 1 rings (SSSR count). The number of nitrogens with zero attached hydrogens (tertiary/aromatic N) is 2. The number of hydrogen-bond acceptors (Lipinski definition) is 3. The summed E-state index contributed by atoms with van der Waals surface area (Å²) < 4.78 is 0. The van der Waals surface area contributed by atoms with Crippen molar-refractivity contribution >= 4 is 17.3 Å². The molecule has 0 atom stereocenters. The average molecular weight is 187 g/mol. The van der Waals surface area contributed by atoms with E-state index in [2.05, 4.69) is 4.98 Å². The molecule has 0 aliphatic heterocycles. The first kappa shape index (κ1) is 8.93. The molecule has 0 bridgehead atoms. The SMILES string of the molecule is Cc1cc([N+](=O)[O-])cc(CCl)n1. The number of hydrogen-bond donors (Lipinski definition) is 0. The first-order valence-electron chi connectivity index (χ1n) is 3.31. The number of aryl methyl sites for hydroxylation is 1. The maximum absolute atomic E-state index is 10.4. The van der Waals surface area contributed by atoms with Gasteiger partial charge in [0, 0.05) is 17.8 Å². The highest BCUT2D eigenvalue weighted by Gasteiger charge is 2.07. The lowest BCUT2D eigenvalue weighted by molar-refractivity contribution is -0.385. The van der Waals surface area contributed by atoms with Crippen molar-refractivity contribution in [2.75, 3.05) is 0 Å². The molecule has 0 aromatic carbocycles. The minimum Gasteiger partial charge on any atom is -0.258 e. The predicted molar refractivity (Wildman–Crippen MR) is 45.2 cm³/mol. The fourth-order valence-electron chi connectivity index (χ4n) is 0.891. The molecule has 0 spiro atoms. The summed E-state index contributed by atoms with van der Waals surface area (Å²) in [6, 6.07) is 2.79. The molecular weight excluding hydrogens is 180 g/mol. The normalized spacial score (nSPS) is 9.83. The summed E-state index contributed by atoms with van der Waals surface area (Å²) in [4.78, 5) is 13.9. The number of aromatic nitrogens is 1. The molecular formula is C7H7ClN2O2. The van der Waals surface area contributed by atoms with Crippen LogP contribution in [0.25, 0.3) is 0 Å². The van der Waals surface area contributed by atoms with Gasteiger partial charge in [-0.3, -0.25) is 15.1 Å². The van der Waals surface area contributed by atoms with Crippen LogP contribution in [0.1, 0.15) is 11.4 Å². The molecule has 0 amide bonds. The van der Waals surface area contributed by atoms with Crippen molar-refractivity contribution < 1.29 is 4.92 Å². The van der Waals surface area contributed by atoms with E-state index in [1.165, 1.54) is 12.1 Å². The second kappa shape index (κ2) is 3.49. The van der Waals surface area contributed by atoms with Crippen molar-refractivity contribution in [1.82, 2.24) is 4.98 Å². The first-order valence-corrected chi connectivity index (χ1v) is 3.85. The van der Waals surface area contributed by atoms with Crippen molar-refractivity contribution in [3.63, 3.8) is 0 Å². The third kappa shape index (κ3) is 1.92. The molecule has 1 heterocycles. The number of nitro groups is 1. The minimum absolute atomic E-state index is 0.0400. The maximum Gasteiger partial charge on any atom is 0.273 e. The Kier molecular flexibility index (Phi) is 2.60. The molecule has 0 aliphatic carbocycles. The third-order valence-corrected chi connectivity index (χ3v) is 1.61. The van der Waals surface area contributed by atoms with E-state index in [4.69, 9.17) is 11.6 Å². The number of rotatable bonds is 2. The molecule has 4 nitrogen and oxygen atoms in total. The number of alkyl halides is 1. The van der Waals surface area contributed by atoms with E-state index < -0.39 is 4.92 Å². The molecule has 0 N–H and O–H groups in total. The van der Waals surface area contributed by atoms with Gasteiger partial charge in [0.1, 0.15) is 0 Å². The Hall–Kier alpha value is -1.16. The highest BCUT2D eigenvalue weighted by molar-refractivity contribution is 6.16. The van der Waals surface area contributed by atoms with E-state index in [0.717, 1.165) is 0 Å². The Morgan fingerprint density at radius 2 is 2.33 bits per heavy atom. The van der Waals surface area contributed by atoms with Gasteiger partial charge >= 0.3 is 0 Å². The van der Waals surface area contributed by atoms with E-state index in [9.17, 15) is 10.1 Å². The summed E-state index contributed by atoms with van der Waals surface area (Å²) in [5, 5.41) is 10.4. The van der Waals surface area contributed by atoms with Crippen LogP contribution in [-0.4, -0.2) is 9.91 Å². The largest absolute Gasteiger partial charge is 0.273 e. The average Bonchev–Trinajstić information content (AvgIpc) is 2.03. The van der Waals surface area contributed by atoms with E-state index in [-0.39, 0.29) is 11.6 Å². The van der Waals surface area contributed by atoms with Crippen molar-refractivity contribution in [2.45, 2.75) is 12.8 Å². The maximum atomic E-state index is 10.4. The van der Waals surface area contributed by atoms with Crippen LogP contribution >= 0.6 is 11.6 Å². The van der Waals surface area contributed by atoms with Crippen LogP contribution in [0.15, 0.2) is 12.1 Å². The topological polar surface area (TPSA) is 56.0 Å². The lowest BCUT2D eigenvalue weighted by atomic mass is 10.3. The summed E-state index contributed by atoms with van der Waals surface area (Å²) in [5.41, 5.74) is 1.18. The van der Waals surface area contributed by atoms with Gasteiger partial charge in [-0.1, -0.05) is 0 Å². The Morgan fingerprint density at radius 1 is 1.67 bits per heavy atom. The highest BCUT2D eigenvalue weighted by Crippen LogP contribution is 2.14. The quantitative estimate of drug-likeness (QED) is 0.404. The van der Waals surface area contributed by atoms with Crippen LogP contribution in [0.2, 0.25) is 0 Å². The van der Waals surface area contributed by atoms with Crippen molar-refractivity contribution in [3.8, 4) is 0 Å². The lowest BCUT2D eigenvalue weighted by Gasteiger charge is -1.97.